The highest BCUT2D eigenvalue weighted by molar-refractivity contribution is 7.92. The lowest BCUT2D eigenvalue weighted by Crippen LogP contribution is -2.54. The lowest BCUT2D eigenvalue weighted by Gasteiger charge is -2.33. The Kier molecular flexibility index (Phi) is 10.0. The van der Waals surface area contributed by atoms with Crippen molar-refractivity contribution < 1.29 is 31.2 Å². The van der Waals surface area contributed by atoms with Gasteiger partial charge in [0.2, 0.25) is 21.8 Å². The molecule has 0 aliphatic carbocycles. The lowest BCUT2D eigenvalue weighted by atomic mass is 10.1. The Morgan fingerprint density at radius 2 is 1.55 bits per heavy atom. The fraction of sp³-hybridized carbons (Fsp3) is 0.417. The molecule has 7 nitrogen and oxygen atoms in total. The highest BCUT2D eigenvalue weighted by Gasteiger charge is 2.35. The maximum absolute atomic E-state index is 13.5. The summed E-state index contributed by atoms with van der Waals surface area (Å²) in [6, 6.07) is 5.59. The highest BCUT2D eigenvalue weighted by Crippen LogP contribution is 2.36. The van der Waals surface area contributed by atoms with Crippen LogP contribution >= 0.6 is 34.8 Å². The number of sulfonamides is 1. The van der Waals surface area contributed by atoms with Crippen molar-refractivity contribution in [1.29, 1.82) is 0 Å². The average molecular weight is 617 g/mol. The molecule has 0 aromatic heterocycles. The summed E-state index contributed by atoms with van der Waals surface area (Å²) in [6.07, 6.45) is -4.05. The Bertz CT molecular complexity index is 1320. The Hall–Kier alpha value is -2.21. The summed E-state index contributed by atoms with van der Waals surface area (Å²) in [5.74, 6) is -1.40. The first-order valence-electron chi connectivity index (χ1n) is 11.1. The highest BCUT2D eigenvalue weighted by atomic mass is 35.5. The number of halogens is 6. The Balaban J connectivity index is 2.54. The fourth-order valence-corrected chi connectivity index (χ4v) is 4.81. The van der Waals surface area contributed by atoms with Gasteiger partial charge in [-0.25, -0.2) is 8.42 Å². The van der Waals surface area contributed by atoms with Crippen LogP contribution in [0.25, 0.3) is 0 Å². The first-order chi connectivity index (χ1) is 17.2. The molecule has 0 radical (unpaired) electrons. The molecular formula is C24H27Cl3F3N3O4S. The molecule has 1 atom stereocenters. The normalized spacial score (nSPS) is 13.1. The molecule has 0 unspecified atom stereocenters. The zero-order valence-corrected chi connectivity index (χ0v) is 24.2. The molecule has 0 aliphatic heterocycles. The Morgan fingerprint density at radius 3 is 2.05 bits per heavy atom. The lowest BCUT2D eigenvalue weighted by molar-refractivity contribution is -0.140. The van der Waals surface area contributed by atoms with E-state index in [0.29, 0.717) is 22.0 Å². The summed E-state index contributed by atoms with van der Waals surface area (Å²) in [5, 5.41) is 2.89. The van der Waals surface area contributed by atoms with Crippen LogP contribution in [0.4, 0.5) is 18.9 Å². The number of anilines is 1. The first kappa shape index (κ1) is 32.0. The van der Waals surface area contributed by atoms with Crippen molar-refractivity contribution in [2.24, 2.45) is 0 Å². The van der Waals surface area contributed by atoms with Crippen LogP contribution in [0.3, 0.4) is 0 Å². The molecule has 14 heteroatoms. The van der Waals surface area contributed by atoms with Crippen molar-refractivity contribution in [3.8, 4) is 0 Å². The molecule has 0 aliphatic rings. The van der Waals surface area contributed by atoms with Gasteiger partial charge < -0.3 is 10.2 Å². The average Bonchev–Trinajstić information content (AvgIpc) is 2.75. The van der Waals surface area contributed by atoms with Crippen molar-refractivity contribution >= 4 is 62.3 Å². The van der Waals surface area contributed by atoms with Crippen molar-refractivity contribution in [2.45, 2.75) is 52.0 Å². The second-order valence-corrected chi connectivity index (χ2v) is 12.7. The molecule has 0 saturated heterocycles. The van der Waals surface area contributed by atoms with Crippen LogP contribution in [0, 0.1) is 0 Å². The second kappa shape index (κ2) is 11.9. The van der Waals surface area contributed by atoms with Crippen molar-refractivity contribution in [3.63, 3.8) is 0 Å². The van der Waals surface area contributed by atoms with E-state index in [1.54, 1.807) is 26.8 Å². The van der Waals surface area contributed by atoms with Crippen LogP contribution in [-0.4, -0.2) is 49.5 Å². The Labute approximate surface area is 234 Å². The molecule has 0 saturated carbocycles. The van der Waals surface area contributed by atoms with Crippen molar-refractivity contribution in [3.05, 3.63) is 62.6 Å². The second-order valence-electron chi connectivity index (χ2n) is 9.62. The Morgan fingerprint density at radius 1 is 0.974 bits per heavy atom. The van der Waals surface area contributed by atoms with Crippen LogP contribution < -0.4 is 9.62 Å². The topological polar surface area (TPSA) is 86.8 Å². The number of nitrogens with zero attached hydrogens (tertiary/aromatic N) is 2. The number of carbonyl (C=O) groups excluding carboxylic acids is 2. The molecule has 2 rings (SSSR count). The number of nitrogens with one attached hydrogen (secondary N) is 1. The molecule has 0 heterocycles. The third-order valence-electron chi connectivity index (χ3n) is 5.22. The van der Waals surface area contributed by atoms with E-state index in [4.69, 9.17) is 34.8 Å². The molecular weight excluding hydrogens is 590 g/mol. The van der Waals surface area contributed by atoms with Gasteiger partial charge in [-0.2, -0.15) is 13.2 Å². The molecule has 210 valence electrons. The standard InChI is InChI=1S/C24H27Cl3F3N3O4S/c1-14(22(35)31-23(2,3)4)32(12-15-6-8-17(25)19(27)10-15)21(34)13-33(38(5,36)37)20-11-16(24(28,29)30)7-9-18(20)26/h6-11,14H,12-13H2,1-5H3,(H,31,35)/t14-/m1/s1. The summed E-state index contributed by atoms with van der Waals surface area (Å²) in [7, 11) is -4.30. The van der Waals surface area contributed by atoms with E-state index >= 15 is 0 Å². The summed E-state index contributed by atoms with van der Waals surface area (Å²) in [5.41, 5.74) is -1.85. The SMILES string of the molecule is C[C@H](C(=O)NC(C)(C)C)N(Cc1ccc(Cl)c(Cl)c1)C(=O)CN(c1cc(C(F)(F)F)ccc1Cl)S(C)(=O)=O. The minimum absolute atomic E-state index is 0.178. The van der Waals surface area contributed by atoms with Gasteiger partial charge in [0, 0.05) is 12.1 Å². The van der Waals surface area contributed by atoms with E-state index in [1.807, 2.05) is 0 Å². The van der Waals surface area contributed by atoms with Crippen LogP contribution in [-0.2, 0) is 32.3 Å². The predicted molar refractivity (Wildman–Crippen MR) is 143 cm³/mol. The summed E-state index contributed by atoms with van der Waals surface area (Å²) >= 11 is 18.1. The summed E-state index contributed by atoms with van der Waals surface area (Å²) < 4.78 is 65.8. The summed E-state index contributed by atoms with van der Waals surface area (Å²) in [6.45, 7) is 5.56. The van der Waals surface area contributed by atoms with Gasteiger partial charge in [-0.1, -0.05) is 40.9 Å². The minimum Gasteiger partial charge on any atom is -0.350 e. The summed E-state index contributed by atoms with van der Waals surface area (Å²) in [4.78, 5) is 27.6. The largest absolute Gasteiger partial charge is 0.416 e. The van der Waals surface area contributed by atoms with Gasteiger partial charge in [0.05, 0.1) is 32.6 Å². The zero-order chi connectivity index (χ0) is 29.2. The van der Waals surface area contributed by atoms with Crippen LogP contribution in [0.5, 0.6) is 0 Å². The van der Waals surface area contributed by atoms with Crippen LogP contribution in [0.2, 0.25) is 15.1 Å². The molecule has 0 spiro atoms. The molecule has 2 amide bonds. The number of alkyl halides is 3. The smallest absolute Gasteiger partial charge is 0.350 e. The molecule has 0 bridgehead atoms. The van der Waals surface area contributed by atoms with Gasteiger partial charge in [0.15, 0.2) is 0 Å². The molecule has 2 aromatic carbocycles. The maximum Gasteiger partial charge on any atom is 0.416 e. The molecule has 38 heavy (non-hydrogen) atoms. The van der Waals surface area contributed by atoms with Gasteiger partial charge in [-0.3, -0.25) is 13.9 Å². The van der Waals surface area contributed by atoms with Crippen molar-refractivity contribution in [1.82, 2.24) is 10.2 Å². The van der Waals surface area contributed by atoms with Gasteiger partial charge in [0.25, 0.3) is 0 Å². The van der Waals surface area contributed by atoms with E-state index in [9.17, 15) is 31.2 Å². The number of benzene rings is 2. The third-order valence-corrected chi connectivity index (χ3v) is 7.41. The zero-order valence-electron chi connectivity index (χ0n) is 21.2. The predicted octanol–water partition coefficient (Wildman–Crippen LogP) is 5.76. The first-order valence-corrected chi connectivity index (χ1v) is 14.1. The molecule has 0 fully saturated rings. The number of carbonyl (C=O) groups is 2. The number of rotatable bonds is 8. The fourth-order valence-electron chi connectivity index (χ4n) is 3.37. The van der Waals surface area contributed by atoms with E-state index in [2.05, 4.69) is 5.32 Å². The van der Waals surface area contributed by atoms with E-state index in [0.717, 1.165) is 17.2 Å². The maximum atomic E-state index is 13.5. The van der Waals surface area contributed by atoms with Crippen molar-refractivity contribution in [2.75, 3.05) is 17.1 Å². The minimum atomic E-state index is -4.79. The van der Waals surface area contributed by atoms with Gasteiger partial charge >= 0.3 is 6.18 Å². The van der Waals surface area contributed by atoms with Gasteiger partial charge in [-0.15, -0.1) is 0 Å². The number of hydrogen-bond acceptors (Lipinski definition) is 4. The third kappa shape index (κ3) is 8.65. The van der Waals surface area contributed by atoms with Gasteiger partial charge in [0.1, 0.15) is 12.6 Å². The van der Waals surface area contributed by atoms with E-state index in [-0.39, 0.29) is 21.6 Å². The monoisotopic (exact) mass is 615 g/mol. The van der Waals surface area contributed by atoms with Crippen LogP contribution in [0.15, 0.2) is 36.4 Å². The quantitative estimate of drug-likeness (QED) is 0.409. The molecule has 2 aromatic rings. The van der Waals surface area contributed by atoms with E-state index < -0.39 is 57.4 Å². The molecule has 1 N–H and O–H groups in total. The van der Waals surface area contributed by atoms with Gasteiger partial charge in [-0.05, 0) is 63.6 Å². The number of amides is 2. The van der Waals surface area contributed by atoms with Crippen LogP contribution in [0.1, 0.15) is 38.8 Å². The number of hydrogen-bond donors (Lipinski definition) is 1. The van der Waals surface area contributed by atoms with E-state index in [1.165, 1.54) is 19.1 Å².